The van der Waals surface area contributed by atoms with Gasteiger partial charge < -0.3 is 9.51 Å². The molecule has 7 nitrogen and oxygen atoms in total. The minimum atomic E-state index is 0.0243. The number of amides is 1. The molecule has 2 N–H and O–H groups in total. The number of hydrogen-bond acceptors (Lipinski definition) is 5. The van der Waals surface area contributed by atoms with Crippen LogP contribution >= 0.6 is 0 Å². The van der Waals surface area contributed by atoms with Crippen LogP contribution in [0.3, 0.4) is 0 Å². The van der Waals surface area contributed by atoms with E-state index in [9.17, 15) is 4.79 Å². The van der Waals surface area contributed by atoms with Gasteiger partial charge in [0.2, 0.25) is 11.8 Å². The predicted molar refractivity (Wildman–Crippen MR) is 106 cm³/mol. The minimum absolute atomic E-state index is 0.0243. The first-order valence-corrected chi connectivity index (χ1v) is 10.2. The number of rotatable bonds is 4. The fraction of sp³-hybridized carbons (Fsp3) is 0.476. The maximum atomic E-state index is 12.7. The van der Waals surface area contributed by atoms with E-state index in [0.29, 0.717) is 5.88 Å². The van der Waals surface area contributed by atoms with E-state index in [2.05, 4.69) is 25.3 Å². The zero-order valence-corrected chi connectivity index (χ0v) is 15.9. The number of hydrogen-bond donors (Lipinski definition) is 2. The van der Waals surface area contributed by atoms with Crippen molar-refractivity contribution in [2.45, 2.75) is 45.1 Å². The molecule has 0 spiro atoms. The van der Waals surface area contributed by atoms with E-state index in [1.165, 1.54) is 0 Å². The molecule has 1 fully saturated rings. The molecule has 1 saturated heterocycles. The summed E-state index contributed by atoms with van der Waals surface area (Å²) in [7, 11) is 0. The highest BCUT2D eigenvalue weighted by Crippen LogP contribution is 2.29. The van der Waals surface area contributed by atoms with Gasteiger partial charge in [-0.3, -0.25) is 15.0 Å². The van der Waals surface area contributed by atoms with Crippen LogP contribution in [0.5, 0.6) is 0 Å². The molecular weight excluding hydrogens is 354 g/mol. The van der Waals surface area contributed by atoms with Crippen molar-refractivity contribution in [3.8, 4) is 0 Å². The van der Waals surface area contributed by atoms with E-state index < -0.39 is 0 Å². The van der Waals surface area contributed by atoms with Crippen molar-refractivity contribution in [2.75, 3.05) is 18.4 Å². The zero-order chi connectivity index (χ0) is 18.9. The number of fused-ring (bicyclic) bond motifs is 2. The summed E-state index contributed by atoms with van der Waals surface area (Å²) in [6.07, 6.45) is 5.89. The van der Waals surface area contributed by atoms with Crippen molar-refractivity contribution in [3.63, 3.8) is 0 Å². The molecule has 1 aliphatic heterocycles. The Kier molecular flexibility index (Phi) is 4.60. The number of carbonyl (C=O) groups is 1. The van der Waals surface area contributed by atoms with Crippen LogP contribution in [0.25, 0.3) is 11.0 Å². The maximum absolute atomic E-state index is 12.7. The first kappa shape index (κ1) is 17.4. The van der Waals surface area contributed by atoms with Crippen LogP contribution in [-0.2, 0) is 24.2 Å². The van der Waals surface area contributed by atoms with Crippen molar-refractivity contribution in [2.24, 2.45) is 5.92 Å². The number of aromatic amines is 1. The van der Waals surface area contributed by atoms with E-state index in [-0.39, 0.29) is 11.8 Å². The van der Waals surface area contributed by atoms with Gasteiger partial charge in [-0.1, -0.05) is 17.3 Å². The summed E-state index contributed by atoms with van der Waals surface area (Å²) in [6, 6.07) is 8.08. The number of benzene rings is 1. The van der Waals surface area contributed by atoms with Crippen molar-refractivity contribution < 1.29 is 9.32 Å². The van der Waals surface area contributed by atoms with E-state index in [0.717, 1.165) is 86.3 Å². The predicted octanol–water partition coefficient (Wildman–Crippen LogP) is 3.28. The fourth-order valence-electron chi connectivity index (χ4n) is 4.35. The molecule has 3 heterocycles. The lowest BCUT2D eigenvalue weighted by atomic mass is 9.95. The Morgan fingerprint density at radius 1 is 1.21 bits per heavy atom. The highest BCUT2D eigenvalue weighted by molar-refractivity contribution is 5.92. The van der Waals surface area contributed by atoms with Crippen molar-refractivity contribution in [1.82, 2.24) is 20.0 Å². The van der Waals surface area contributed by atoms with Gasteiger partial charge in [-0.25, -0.2) is 4.98 Å². The number of nitrogens with one attached hydrogen (secondary N) is 2. The van der Waals surface area contributed by atoms with Gasteiger partial charge >= 0.3 is 0 Å². The van der Waals surface area contributed by atoms with Gasteiger partial charge in [0.1, 0.15) is 5.82 Å². The monoisotopic (exact) mass is 379 g/mol. The summed E-state index contributed by atoms with van der Waals surface area (Å²) in [5, 5.41) is 7.12. The normalized spacial score (nSPS) is 18.3. The van der Waals surface area contributed by atoms with Crippen LogP contribution < -0.4 is 5.32 Å². The Morgan fingerprint density at radius 2 is 2.04 bits per heavy atom. The second kappa shape index (κ2) is 7.39. The number of piperidine rings is 1. The van der Waals surface area contributed by atoms with Crippen molar-refractivity contribution in [1.29, 1.82) is 0 Å². The highest BCUT2D eigenvalue weighted by atomic mass is 16.5. The maximum Gasteiger partial charge on any atom is 0.234 e. The van der Waals surface area contributed by atoms with Crippen LogP contribution in [0, 0.1) is 5.92 Å². The van der Waals surface area contributed by atoms with Gasteiger partial charge in [0.05, 0.1) is 23.3 Å². The zero-order valence-electron chi connectivity index (χ0n) is 15.9. The third-order valence-corrected chi connectivity index (χ3v) is 5.97. The summed E-state index contributed by atoms with van der Waals surface area (Å²) < 4.78 is 5.40. The number of aromatic nitrogens is 3. The van der Waals surface area contributed by atoms with Crippen LogP contribution in [0.4, 0.5) is 5.88 Å². The summed E-state index contributed by atoms with van der Waals surface area (Å²) in [4.78, 5) is 23.1. The number of aryl methyl sites for hydroxylation is 1. The minimum Gasteiger partial charge on any atom is -0.341 e. The third-order valence-electron chi connectivity index (χ3n) is 5.97. The standard InChI is InChI=1S/C21H25N5O2/c27-20(24-21-15-5-1-2-6-16(15)25-28-21)14-9-11-26(12-10-14)13-19-22-17-7-3-4-8-18(17)23-19/h3-4,7-8,14H,1-2,5-6,9-13H2,(H,22,23)(H,24,27). The lowest BCUT2D eigenvalue weighted by Gasteiger charge is -2.30. The molecule has 2 aromatic heterocycles. The van der Waals surface area contributed by atoms with Gasteiger partial charge in [0.25, 0.3) is 0 Å². The summed E-state index contributed by atoms with van der Waals surface area (Å²) in [5.41, 5.74) is 4.19. The second-order valence-electron chi connectivity index (χ2n) is 7.88. The lowest BCUT2D eigenvalue weighted by molar-refractivity contribution is -0.121. The molecule has 146 valence electrons. The average molecular weight is 379 g/mol. The van der Waals surface area contributed by atoms with Crippen molar-refractivity contribution in [3.05, 3.63) is 41.3 Å². The second-order valence-corrected chi connectivity index (χ2v) is 7.88. The smallest absolute Gasteiger partial charge is 0.234 e. The molecule has 0 atom stereocenters. The highest BCUT2D eigenvalue weighted by Gasteiger charge is 2.28. The van der Waals surface area contributed by atoms with Crippen LogP contribution in [0.15, 0.2) is 28.8 Å². The molecule has 2 aliphatic rings. The Hall–Kier alpha value is -2.67. The van der Waals surface area contributed by atoms with Gasteiger partial charge in [0.15, 0.2) is 0 Å². The first-order chi connectivity index (χ1) is 13.8. The number of nitrogens with zero attached hydrogens (tertiary/aromatic N) is 3. The largest absolute Gasteiger partial charge is 0.341 e. The topological polar surface area (TPSA) is 87.1 Å². The summed E-state index contributed by atoms with van der Waals surface area (Å²) in [5.74, 6) is 1.64. The molecule has 5 rings (SSSR count). The van der Waals surface area contributed by atoms with E-state index in [4.69, 9.17) is 4.52 Å². The molecule has 3 aromatic rings. The van der Waals surface area contributed by atoms with Crippen LogP contribution in [-0.4, -0.2) is 39.0 Å². The van der Waals surface area contributed by atoms with Crippen LogP contribution in [0.2, 0.25) is 0 Å². The molecule has 0 bridgehead atoms. The Balaban J connectivity index is 1.16. The lowest BCUT2D eigenvalue weighted by Crippen LogP contribution is -2.38. The Bertz CT molecular complexity index is 951. The molecule has 0 unspecified atom stereocenters. The number of imidazole rings is 1. The number of H-pyrrole nitrogens is 1. The summed E-state index contributed by atoms with van der Waals surface area (Å²) in [6.45, 7) is 2.58. The Morgan fingerprint density at radius 3 is 2.89 bits per heavy atom. The molecule has 0 saturated carbocycles. The number of para-hydroxylation sites is 2. The van der Waals surface area contributed by atoms with Gasteiger partial charge in [-0.05, 0) is 63.7 Å². The fourth-order valence-corrected chi connectivity index (χ4v) is 4.35. The SMILES string of the molecule is O=C(Nc1onc2c1CCCC2)C1CCN(Cc2nc3ccccc3[nH]2)CC1. The van der Waals surface area contributed by atoms with Crippen molar-refractivity contribution >= 4 is 22.8 Å². The third kappa shape index (κ3) is 3.42. The molecule has 7 heteroatoms. The molecule has 1 aromatic carbocycles. The molecule has 28 heavy (non-hydrogen) atoms. The molecule has 0 radical (unpaired) electrons. The van der Waals surface area contributed by atoms with Gasteiger partial charge in [0, 0.05) is 11.5 Å². The summed E-state index contributed by atoms with van der Waals surface area (Å²) >= 11 is 0. The quantitative estimate of drug-likeness (QED) is 0.726. The number of likely N-dealkylation sites (tertiary alicyclic amines) is 1. The average Bonchev–Trinajstić information content (AvgIpc) is 3.32. The van der Waals surface area contributed by atoms with E-state index in [1.807, 2.05) is 24.3 Å². The van der Waals surface area contributed by atoms with Gasteiger partial charge in [-0.2, -0.15) is 0 Å². The molecule has 1 aliphatic carbocycles. The van der Waals surface area contributed by atoms with E-state index in [1.54, 1.807) is 0 Å². The number of carbonyl (C=O) groups excluding carboxylic acids is 1. The van der Waals surface area contributed by atoms with E-state index >= 15 is 0 Å². The first-order valence-electron chi connectivity index (χ1n) is 10.2. The number of anilines is 1. The van der Waals surface area contributed by atoms with Crippen LogP contribution in [0.1, 0.15) is 42.8 Å². The Labute approximate surface area is 163 Å². The molecule has 1 amide bonds. The molecular formula is C21H25N5O2. The van der Waals surface area contributed by atoms with Gasteiger partial charge in [-0.15, -0.1) is 0 Å².